The molecule has 4 aromatic rings. The number of aromatic nitrogens is 5. The molecule has 2 aromatic heterocycles. The second kappa shape index (κ2) is 11.5. The number of rotatable bonds is 7. The highest BCUT2D eigenvalue weighted by Crippen LogP contribution is 2.41. The molecule has 40 heavy (non-hydrogen) atoms. The van der Waals surface area contributed by atoms with Gasteiger partial charge in [0.1, 0.15) is 9.79 Å². The number of sulfonamides is 2. The fourth-order valence-electron chi connectivity index (χ4n) is 4.24. The molecule has 214 valence electrons. The van der Waals surface area contributed by atoms with E-state index in [1.54, 1.807) is 12.1 Å². The number of para-hydroxylation sites is 1. The summed E-state index contributed by atoms with van der Waals surface area (Å²) in [5.41, 5.74) is 7.03. The summed E-state index contributed by atoms with van der Waals surface area (Å²) in [5, 5.41) is 31.5. The van der Waals surface area contributed by atoms with Gasteiger partial charge in [-0.15, -0.1) is 10.2 Å². The molecule has 1 saturated heterocycles. The molecule has 3 heterocycles. The molecule has 7 N–H and O–H groups in total. The Labute approximate surface area is 232 Å². The molecule has 1 fully saturated rings. The molecular weight excluding hydrogens is 586 g/mol. The third-order valence-corrected chi connectivity index (χ3v) is 9.26. The molecule has 0 aliphatic carbocycles. The van der Waals surface area contributed by atoms with E-state index in [2.05, 4.69) is 35.6 Å². The Kier molecular flexibility index (Phi) is 8.44. The van der Waals surface area contributed by atoms with Crippen LogP contribution in [0.5, 0.6) is 0 Å². The van der Waals surface area contributed by atoms with Crippen molar-refractivity contribution in [2.75, 3.05) is 25.9 Å². The van der Waals surface area contributed by atoms with Crippen LogP contribution in [0.2, 0.25) is 0 Å². The van der Waals surface area contributed by atoms with Crippen LogP contribution in [0, 0.1) is 0 Å². The van der Waals surface area contributed by atoms with E-state index in [0.717, 1.165) is 11.6 Å². The number of carboxylic acids is 1. The van der Waals surface area contributed by atoms with Gasteiger partial charge in [-0.25, -0.2) is 31.7 Å². The summed E-state index contributed by atoms with van der Waals surface area (Å²) in [6.07, 6.45) is -0.443. The summed E-state index contributed by atoms with van der Waals surface area (Å²) in [5.74, 6) is -1.25. The molecule has 0 spiro atoms. The zero-order chi connectivity index (χ0) is 29.2. The molecule has 16 nitrogen and oxygen atoms in total. The van der Waals surface area contributed by atoms with Gasteiger partial charge >= 0.3 is 0 Å². The maximum atomic E-state index is 13.5. The highest BCUT2D eigenvalue weighted by atomic mass is 32.2. The van der Waals surface area contributed by atoms with Crippen LogP contribution >= 0.6 is 11.3 Å². The molecule has 2 atom stereocenters. The summed E-state index contributed by atoms with van der Waals surface area (Å²) in [6, 6.07) is 7.27. The van der Waals surface area contributed by atoms with Crippen molar-refractivity contribution in [1.82, 2.24) is 35.6 Å². The molecule has 0 amide bonds. The average molecular weight is 611 g/mol. The molecule has 2 aromatic carbocycles. The number of methoxy groups -OCH3 is 1. The lowest BCUT2D eigenvalue weighted by atomic mass is 9.98. The number of carbonyl (C=O) groups excluding carboxylic acids is 1. The van der Waals surface area contributed by atoms with Crippen LogP contribution in [-0.4, -0.2) is 80.8 Å². The number of hydrogen-bond donors (Lipinski definition) is 5. The zero-order valence-electron chi connectivity index (χ0n) is 21.0. The number of thiazole rings is 1. The lowest BCUT2D eigenvalue weighted by Crippen LogP contribution is -2.43. The van der Waals surface area contributed by atoms with Gasteiger partial charge in [0.15, 0.2) is 5.13 Å². The number of ether oxygens (including phenoxy) is 1. The van der Waals surface area contributed by atoms with Gasteiger partial charge in [0.25, 0.3) is 0 Å². The SMILES string of the molecule is CC(=O)[O-].CO[C@H]1CNC[C@@H]1NS(=O)(=O)c1ccc(-c2cccc3sc(N)nc23)c(-c2nn[nH]n2)c1S(N)(=O)=O. The average Bonchev–Trinajstić information content (AvgIpc) is 3.62. The fourth-order valence-corrected chi connectivity index (χ4v) is 7.86. The predicted molar refractivity (Wildman–Crippen MR) is 142 cm³/mol. The summed E-state index contributed by atoms with van der Waals surface area (Å²) in [4.78, 5) is 12.0. The van der Waals surface area contributed by atoms with Crippen LogP contribution in [0.3, 0.4) is 0 Å². The van der Waals surface area contributed by atoms with Crippen molar-refractivity contribution < 1.29 is 31.5 Å². The van der Waals surface area contributed by atoms with Crippen LogP contribution in [0.25, 0.3) is 32.7 Å². The van der Waals surface area contributed by atoms with Crippen LogP contribution in [-0.2, 0) is 29.6 Å². The second-order valence-corrected chi connectivity index (χ2v) is 12.7. The van der Waals surface area contributed by atoms with E-state index >= 15 is 0 Å². The third kappa shape index (κ3) is 6.09. The van der Waals surface area contributed by atoms with Crippen LogP contribution in [0.4, 0.5) is 5.13 Å². The van der Waals surface area contributed by atoms with Gasteiger partial charge in [-0.05, 0) is 29.8 Å². The number of H-pyrrole nitrogens is 1. The minimum Gasteiger partial charge on any atom is -0.550 e. The van der Waals surface area contributed by atoms with Crippen molar-refractivity contribution in [3.63, 3.8) is 0 Å². The van der Waals surface area contributed by atoms with E-state index in [1.807, 2.05) is 6.07 Å². The number of aromatic amines is 1. The Bertz CT molecular complexity index is 1750. The number of carbonyl (C=O) groups is 1. The lowest BCUT2D eigenvalue weighted by molar-refractivity contribution is -0.302. The molecule has 5 rings (SSSR count). The molecule has 0 bridgehead atoms. The number of anilines is 1. The first-order chi connectivity index (χ1) is 18.8. The van der Waals surface area contributed by atoms with E-state index < -0.39 is 48.0 Å². The topological polar surface area (TPSA) is 261 Å². The standard InChI is InChI=1S/C19H21N9O5S3.C2H4O2/c1-33-12-8-22-7-11(12)26-36(31,32)14-6-5-9(10-3-2-4-13-16(10)23-19(20)34-13)15(17(14)35(21,29)30)18-24-27-28-25-18;1-2(3)4/h2-6,11-12,22,26H,7-8H2,1H3,(H2,20,23)(H2,21,29,30)(H,24,25,27,28);1H3,(H,3,4)/p-1/t11-,12-;/m0./s1. The van der Waals surface area contributed by atoms with E-state index in [4.69, 9.17) is 25.5 Å². The van der Waals surface area contributed by atoms with Crippen molar-refractivity contribution in [3.8, 4) is 22.5 Å². The maximum absolute atomic E-state index is 13.5. The minimum atomic E-state index is -4.63. The lowest BCUT2D eigenvalue weighted by Gasteiger charge is -2.21. The molecule has 0 unspecified atom stereocenters. The molecule has 1 aliphatic heterocycles. The van der Waals surface area contributed by atoms with Gasteiger partial charge in [-0.2, -0.15) is 5.21 Å². The summed E-state index contributed by atoms with van der Waals surface area (Å²) >= 11 is 1.25. The van der Waals surface area contributed by atoms with E-state index in [-0.39, 0.29) is 17.0 Å². The second-order valence-electron chi connectivity index (χ2n) is 8.45. The van der Waals surface area contributed by atoms with Gasteiger partial charge in [0.2, 0.25) is 25.9 Å². The van der Waals surface area contributed by atoms with Crippen molar-refractivity contribution in [2.24, 2.45) is 5.14 Å². The van der Waals surface area contributed by atoms with Crippen molar-refractivity contribution >= 4 is 52.7 Å². The third-order valence-electron chi connectivity index (χ3n) is 5.76. The van der Waals surface area contributed by atoms with Gasteiger partial charge < -0.3 is 25.7 Å². The number of hydrogen-bond acceptors (Lipinski definition) is 14. The first-order valence-corrected chi connectivity index (χ1v) is 15.2. The Hall–Kier alpha value is -3.59. The Balaban J connectivity index is 0.000000867. The minimum absolute atomic E-state index is 0.138. The molecular formula is C21H24N9O7S3-. The summed E-state index contributed by atoms with van der Waals surface area (Å²) in [6.45, 7) is 1.70. The fraction of sp³-hybridized carbons (Fsp3) is 0.286. The Morgan fingerprint density at radius 3 is 2.52 bits per heavy atom. The molecule has 0 radical (unpaired) electrons. The smallest absolute Gasteiger partial charge is 0.242 e. The zero-order valence-corrected chi connectivity index (χ0v) is 23.4. The highest BCUT2D eigenvalue weighted by molar-refractivity contribution is 7.92. The number of tetrazole rings is 1. The van der Waals surface area contributed by atoms with Crippen molar-refractivity contribution in [1.29, 1.82) is 0 Å². The van der Waals surface area contributed by atoms with E-state index in [1.165, 1.54) is 30.6 Å². The number of nitrogens with two attached hydrogens (primary N) is 2. The number of primary sulfonamides is 1. The number of nitrogen functional groups attached to an aromatic ring is 1. The van der Waals surface area contributed by atoms with Gasteiger partial charge in [-0.1, -0.05) is 29.5 Å². The van der Waals surface area contributed by atoms with Gasteiger partial charge in [0, 0.05) is 31.7 Å². The normalized spacial score (nSPS) is 17.5. The monoisotopic (exact) mass is 610 g/mol. The van der Waals surface area contributed by atoms with Crippen LogP contribution in [0.15, 0.2) is 40.1 Å². The number of carboxylic acid groups (broad SMARTS) is 1. The highest BCUT2D eigenvalue weighted by Gasteiger charge is 2.36. The van der Waals surface area contributed by atoms with E-state index in [9.17, 15) is 16.8 Å². The number of nitrogens with one attached hydrogen (secondary N) is 3. The molecule has 0 saturated carbocycles. The first-order valence-electron chi connectivity index (χ1n) is 11.4. The number of aliphatic carboxylic acids is 1. The number of nitrogens with zero attached hydrogens (tertiary/aromatic N) is 4. The maximum Gasteiger partial charge on any atom is 0.242 e. The van der Waals surface area contributed by atoms with Crippen LogP contribution in [0.1, 0.15) is 6.92 Å². The predicted octanol–water partition coefficient (Wildman–Crippen LogP) is -1.61. The quantitative estimate of drug-likeness (QED) is 0.158. The Morgan fingerprint density at radius 2 is 1.90 bits per heavy atom. The number of fused-ring (bicyclic) bond motifs is 1. The van der Waals surface area contributed by atoms with E-state index in [0.29, 0.717) is 29.3 Å². The number of benzene rings is 2. The largest absolute Gasteiger partial charge is 0.550 e. The van der Waals surface area contributed by atoms with Crippen molar-refractivity contribution in [3.05, 3.63) is 30.3 Å². The van der Waals surface area contributed by atoms with Gasteiger partial charge in [-0.3, -0.25) is 0 Å². The Morgan fingerprint density at radius 1 is 1.18 bits per heavy atom. The van der Waals surface area contributed by atoms with Gasteiger partial charge in [0.05, 0.1) is 27.9 Å². The first kappa shape index (κ1) is 29.4. The molecule has 1 aliphatic rings. The summed E-state index contributed by atoms with van der Waals surface area (Å²) in [7, 11) is -7.57. The van der Waals surface area contributed by atoms with Crippen molar-refractivity contribution in [2.45, 2.75) is 28.9 Å². The summed E-state index contributed by atoms with van der Waals surface area (Å²) < 4.78 is 61.5. The molecule has 19 heteroatoms. The van der Waals surface area contributed by atoms with Crippen LogP contribution < -0.4 is 26.0 Å².